The molecule has 0 saturated heterocycles. The Morgan fingerprint density at radius 2 is 1.83 bits per heavy atom. The summed E-state index contributed by atoms with van der Waals surface area (Å²) in [4.78, 5) is 11.2. The molecule has 4 atom stereocenters. The number of ether oxygens (including phenoxy) is 1. The summed E-state index contributed by atoms with van der Waals surface area (Å²) in [6, 6.07) is 9.06. The molecule has 0 aliphatic heterocycles. The number of carbonyl (C=O) groups is 1. The zero-order valence-corrected chi connectivity index (χ0v) is 19.4. The van der Waals surface area contributed by atoms with Crippen LogP contribution in [0, 0.1) is 5.92 Å². The van der Waals surface area contributed by atoms with E-state index in [1.165, 1.54) is 43.9 Å². The number of hydrogen-bond donors (Lipinski definition) is 0. The molecule has 1 fully saturated rings. The highest BCUT2D eigenvalue weighted by atomic mass is 35.5. The lowest BCUT2D eigenvalue weighted by molar-refractivity contribution is -0.140. The number of carbonyl (C=O) groups excluding carboxylic acids is 1. The quantitative estimate of drug-likeness (QED) is 0.147. The van der Waals surface area contributed by atoms with Crippen molar-refractivity contribution in [1.82, 2.24) is 0 Å². The summed E-state index contributed by atoms with van der Waals surface area (Å²) in [7, 11) is 1.43. The van der Waals surface area contributed by atoms with E-state index in [1.54, 1.807) is 0 Å². The van der Waals surface area contributed by atoms with Gasteiger partial charge in [0.05, 0.1) is 7.11 Å². The van der Waals surface area contributed by atoms with E-state index in [1.807, 2.05) is 0 Å². The van der Waals surface area contributed by atoms with Gasteiger partial charge in [0.15, 0.2) is 0 Å². The average molecular weight is 439 g/mol. The van der Waals surface area contributed by atoms with Crippen LogP contribution in [0.3, 0.4) is 0 Å². The van der Waals surface area contributed by atoms with Crippen LogP contribution in [0.4, 0.5) is 0 Å². The minimum absolute atomic E-state index is 0.0885. The lowest BCUT2D eigenvalue weighted by Gasteiger charge is -2.23. The topological polar surface area (TPSA) is 26.3 Å². The highest BCUT2D eigenvalue weighted by Crippen LogP contribution is 2.47. The molecular formula is C25H36Cl2O2. The molecule has 2 rings (SSSR count). The van der Waals surface area contributed by atoms with Gasteiger partial charge in [0, 0.05) is 23.1 Å². The van der Waals surface area contributed by atoms with Crippen LogP contribution in [-0.2, 0) is 16.0 Å². The normalized spacial score (nSPS) is 24.3. The fraction of sp³-hybridized carbons (Fsp3) is 0.640. The Bertz CT molecular complexity index is 626. The van der Waals surface area contributed by atoms with E-state index in [2.05, 4.69) is 48.1 Å². The largest absolute Gasteiger partial charge is 0.469 e. The summed E-state index contributed by atoms with van der Waals surface area (Å²) in [5, 5.41) is 0.196. The molecule has 0 bridgehead atoms. The number of methoxy groups -OCH3 is 1. The van der Waals surface area contributed by atoms with Gasteiger partial charge in [-0.3, -0.25) is 4.79 Å². The number of benzene rings is 1. The van der Waals surface area contributed by atoms with Gasteiger partial charge in [0.2, 0.25) is 0 Å². The number of aryl methyl sites for hydroxylation is 1. The smallest absolute Gasteiger partial charge is 0.305 e. The maximum Gasteiger partial charge on any atom is 0.305 e. The molecular weight excluding hydrogens is 403 g/mol. The summed E-state index contributed by atoms with van der Waals surface area (Å²) >= 11 is 13.4. The van der Waals surface area contributed by atoms with E-state index in [-0.39, 0.29) is 16.7 Å². The van der Waals surface area contributed by atoms with Gasteiger partial charge in [0.1, 0.15) is 0 Å². The maximum absolute atomic E-state index is 11.2. The molecule has 0 amide bonds. The number of unbranched alkanes of at least 4 members (excludes halogenated alkanes) is 4. The van der Waals surface area contributed by atoms with E-state index in [0.717, 1.165) is 32.1 Å². The Morgan fingerprint density at radius 1 is 1.07 bits per heavy atom. The first-order chi connectivity index (χ1) is 14.1. The molecule has 0 radical (unpaired) electrons. The second kappa shape index (κ2) is 13.3. The van der Waals surface area contributed by atoms with E-state index in [0.29, 0.717) is 18.3 Å². The molecule has 2 nitrogen and oxygen atoms in total. The lowest BCUT2D eigenvalue weighted by atomic mass is 9.85. The minimum atomic E-state index is -0.145. The third kappa shape index (κ3) is 7.98. The summed E-state index contributed by atoms with van der Waals surface area (Å²) in [6.45, 7) is 2.25. The van der Waals surface area contributed by atoms with Gasteiger partial charge >= 0.3 is 5.97 Å². The molecule has 0 N–H and O–H groups in total. The van der Waals surface area contributed by atoms with Crippen molar-refractivity contribution in [2.45, 2.75) is 87.8 Å². The summed E-state index contributed by atoms with van der Waals surface area (Å²) in [6.07, 6.45) is 14.7. The number of hydrogen-bond acceptors (Lipinski definition) is 2. The molecule has 29 heavy (non-hydrogen) atoms. The van der Waals surface area contributed by atoms with Crippen molar-refractivity contribution in [3.05, 3.63) is 47.5 Å². The van der Waals surface area contributed by atoms with Gasteiger partial charge in [-0.05, 0) is 55.6 Å². The van der Waals surface area contributed by atoms with Gasteiger partial charge in [-0.15, -0.1) is 23.2 Å². The van der Waals surface area contributed by atoms with E-state index in [9.17, 15) is 4.79 Å². The standard InChI is InChI=1S/C25H36Cl2O2/c1-3-4-5-8-11-19-14-16-20(17-15-19)25-21(22(26)18-23(25)27)12-9-6-7-10-13-24(28)29-2/h6,9,14-17,21-23,25H,3-5,7-8,10-13,18H2,1-2H3/b9-6-/t21-,22+,23-,25+/m0/s1. The van der Waals surface area contributed by atoms with Crippen LogP contribution in [0.15, 0.2) is 36.4 Å². The number of rotatable bonds is 12. The van der Waals surface area contributed by atoms with Gasteiger partial charge in [0.25, 0.3) is 0 Å². The minimum Gasteiger partial charge on any atom is -0.469 e. The Kier molecular flexibility index (Phi) is 11.2. The molecule has 162 valence electrons. The monoisotopic (exact) mass is 438 g/mol. The lowest BCUT2D eigenvalue weighted by Crippen LogP contribution is -2.16. The third-order valence-electron chi connectivity index (χ3n) is 6.00. The van der Waals surface area contributed by atoms with E-state index >= 15 is 0 Å². The van der Waals surface area contributed by atoms with E-state index < -0.39 is 0 Å². The Labute approximate surface area is 187 Å². The molecule has 0 unspecified atom stereocenters. The zero-order valence-electron chi connectivity index (χ0n) is 17.9. The fourth-order valence-corrected chi connectivity index (χ4v) is 5.35. The molecule has 1 aliphatic rings. The van der Waals surface area contributed by atoms with Crippen molar-refractivity contribution < 1.29 is 9.53 Å². The van der Waals surface area contributed by atoms with Crippen molar-refractivity contribution in [3.63, 3.8) is 0 Å². The van der Waals surface area contributed by atoms with Crippen molar-refractivity contribution in [2.75, 3.05) is 7.11 Å². The van der Waals surface area contributed by atoms with E-state index in [4.69, 9.17) is 23.2 Å². The zero-order chi connectivity index (χ0) is 21.1. The van der Waals surface area contributed by atoms with Crippen LogP contribution in [0.25, 0.3) is 0 Å². The van der Waals surface area contributed by atoms with Crippen LogP contribution in [0.1, 0.15) is 81.8 Å². The Hall–Kier alpha value is -0.990. The van der Waals surface area contributed by atoms with Gasteiger partial charge in [-0.1, -0.05) is 62.6 Å². The van der Waals surface area contributed by atoms with Crippen LogP contribution in [-0.4, -0.2) is 23.8 Å². The highest BCUT2D eigenvalue weighted by Gasteiger charge is 2.41. The fourth-order valence-electron chi connectivity index (χ4n) is 4.28. The van der Waals surface area contributed by atoms with Crippen LogP contribution < -0.4 is 0 Å². The van der Waals surface area contributed by atoms with Crippen molar-refractivity contribution >= 4 is 29.2 Å². The first kappa shape index (κ1) is 24.3. The SMILES string of the molecule is CCCCCCc1ccc([C@@H]2[C@@H](C/C=C\CCCC(=O)OC)[C@H](Cl)C[C@@H]2Cl)cc1. The molecule has 1 saturated carbocycles. The average Bonchev–Trinajstić information content (AvgIpc) is 3.01. The van der Waals surface area contributed by atoms with Crippen molar-refractivity contribution in [2.24, 2.45) is 5.92 Å². The first-order valence-corrected chi connectivity index (χ1v) is 12.0. The Morgan fingerprint density at radius 3 is 2.52 bits per heavy atom. The molecule has 1 aromatic carbocycles. The molecule has 1 aliphatic carbocycles. The Balaban J connectivity index is 1.89. The molecule has 0 aromatic heterocycles. The molecule has 0 spiro atoms. The highest BCUT2D eigenvalue weighted by molar-refractivity contribution is 6.25. The van der Waals surface area contributed by atoms with Gasteiger partial charge < -0.3 is 4.74 Å². The first-order valence-electron chi connectivity index (χ1n) is 11.2. The third-order valence-corrected chi connectivity index (χ3v) is 6.96. The number of halogens is 2. The van der Waals surface area contributed by atoms with Crippen molar-refractivity contribution in [1.29, 1.82) is 0 Å². The summed E-state index contributed by atoms with van der Waals surface area (Å²) < 4.78 is 4.67. The second-order valence-corrected chi connectivity index (χ2v) is 9.31. The van der Waals surface area contributed by atoms with Crippen LogP contribution >= 0.6 is 23.2 Å². The second-order valence-electron chi connectivity index (χ2n) is 8.19. The summed E-state index contributed by atoms with van der Waals surface area (Å²) in [5.41, 5.74) is 2.73. The number of allylic oxidation sites excluding steroid dienone is 2. The molecule has 4 heteroatoms. The van der Waals surface area contributed by atoms with Crippen LogP contribution in [0.5, 0.6) is 0 Å². The number of esters is 1. The van der Waals surface area contributed by atoms with Crippen LogP contribution in [0.2, 0.25) is 0 Å². The van der Waals surface area contributed by atoms with Crippen molar-refractivity contribution in [3.8, 4) is 0 Å². The molecule has 0 heterocycles. The molecule has 1 aromatic rings. The predicted molar refractivity (Wildman–Crippen MR) is 124 cm³/mol. The predicted octanol–water partition coefficient (Wildman–Crippen LogP) is 7.42. The van der Waals surface area contributed by atoms with Gasteiger partial charge in [-0.2, -0.15) is 0 Å². The summed E-state index contributed by atoms with van der Waals surface area (Å²) in [5.74, 6) is 0.508. The van der Waals surface area contributed by atoms with Gasteiger partial charge in [-0.25, -0.2) is 0 Å². The maximum atomic E-state index is 11.2. The number of alkyl halides is 2.